The van der Waals surface area contributed by atoms with Crippen LogP contribution in [0, 0.1) is 5.82 Å². The Morgan fingerprint density at radius 1 is 0.889 bits per heavy atom. The van der Waals surface area contributed by atoms with Gasteiger partial charge >= 0.3 is 18.2 Å². The van der Waals surface area contributed by atoms with Gasteiger partial charge in [-0.3, -0.25) is 0 Å². The van der Waals surface area contributed by atoms with E-state index >= 15 is 0 Å². The molecule has 0 aliphatic heterocycles. The Hall–Kier alpha value is -3.24. The fourth-order valence-electron chi connectivity index (χ4n) is 2.74. The molecular weight excluding hydrogens is 518 g/mol. The summed E-state index contributed by atoms with van der Waals surface area (Å²) in [5.74, 6) is -2.58. The van der Waals surface area contributed by atoms with Gasteiger partial charge in [-0.15, -0.1) is 0 Å². The summed E-state index contributed by atoms with van der Waals surface area (Å²) in [6, 6.07) is 4.59. The number of methoxy groups -OCH3 is 1. The van der Waals surface area contributed by atoms with E-state index < -0.39 is 45.9 Å². The van der Waals surface area contributed by atoms with Crippen molar-refractivity contribution >= 4 is 52.7 Å². The fourth-order valence-corrected chi connectivity index (χ4v) is 3.31. The maximum Gasteiger partial charge on any atom is 0.424 e. The minimum Gasteiger partial charge on any atom is -0.465 e. The summed E-state index contributed by atoms with van der Waals surface area (Å²) in [7, 11) is 1.13. The number of hydrogen-bond donors (Lipinski definition) is 1. The van der Waals surface area contributed by atoms with Crippen LogP contribution < -0.4 is 15.4 Å². The van der Waals surface area contributed by atoms with E-state index in [2.05, 4.69) is 4.74 Å². The molecule has 2 aromatic rings. The Kier molecular flexibility index (Phi) is 8.69. The molecule has 0 bridgehead atoms. The molecule has 0 fully saturated rings. The third-order valence-corrected chi connectivity index (χ3v) is 4.90. The molecule has 196 valence electrons. The van der Waals surface area contributed by atoms with Crippen LogP contribution in [-0.2, 0) is 14.2 Å². The molecule has 0 aromatic heterocycles. The Labute approximate surface area is 218 Å². The highest BCUT2D eigenvalue weighted by atomic mass is 35.5. The van der Waals surface area contributed by atoms with Crippen LogP contribution in [0.2, 0.25) is 10.0 Å². The molecule has 2 rings (SSSR count). The van der Waals surface area contributed by atoms with Crippen LogP contribution in [0.4, 0.5) is 25.4 Å². The SMILES string of the molecule is COC(=O)c1c(N)ccc(Oc2c(F)ccc(N(C(=O)OC(C)(C)C)C(=O)OC(C)(C)C)c2Cl)c1Cl. The van der Waals surface area contributed by atoms with Crippen molar-refractivity contribution in [3.63, 3.8) is 0 Å². The van der Waals surface area contributed by atoms with E-state index in [0.717, 1.165) is 19.2 Å². The van der Waals surface area contributed by atoms with E-state index in [0.29, 0.717) is 4.90 Å². The van der Waals surface area contributed by atoms with E-state index in [-0.39, 0.29) is 27.7 Å². The van der Waals surface area contributed by atoms with E-state index in [1.807, 2.05) is 0 Å². The summed E-state index contributed by atoms with van der Waals surface area (Å²) in [4.78, 5) is 38.5. The highest BCUT2D eigenvalue weighted by Crippen LogP contribution is 2.43. The molecule has 0 heterocycles. The monoisotopic (exact) mass is 544 g/mol. The van der Waals surface area contributed by atoms with Gasteiger partial charge in [0, 0.05) is 5.69 Å². The number of carbonyl (C=O) groups is 3. The minimum atomic E-state index is -1.12. The van der Waals surface area contributed by atoms with Gasteiger partial charge in [0.1, 0.15) is 27.5 Å². The number of rotatable bonds is 4. The first-order valence-electron chi connectivity index (χ1n) is 10.5. The number of imide groups is 1. The predicted octanol–water partition coefficient (Wildman–Crippen LogP) is 6.97. The number of nitrogen functional groups attached to an aromatic ring is 1. The van der Waals surface area contributed by atoms with Crippen LogP contribution in [0.3, 0.4) is 0 Å². The highest BCUT2D eigenvalue weighted by molar-refractivity contribution is 6.37. The average Bonchev–Trinajstić information content (AvgIpc) is 2.71. The number of benzene rings is 2. The lowest BCUT2D eigenvalue weighted by molar-refractivity contribution is 0.0429. The van der Waals surface area contributed by atoms with Gasteiger partial charge in [0.05, 0.1) is 17.8 Å². The summed E-state index contributed by atoms with van der Waals surface area (Å²) >= 11 is 12.7. The lowest BCUT2D eigenvalue weighted by Crippen LogP contribution is -2.44. The van der Waals surface area contributed by atoms with Crippen molar-refractivity contribution in [3.8, 4) is 11.5 Å². The van der Waals surface area contributed by atoms with Crippen LogP contribution in [0.1, 0.15) is 51.9 Å². The first-order chi connectivity index (χ1) is 16.5. The molecule has 2 amide bonds. The molecule has 0 radical (unpaired) electrons. The predicted molar refractivity (Wildman–Crippen MR) is 134 cm³/mol. The van der Waals surface area contributed by atoms with Crippen molar-refractivity contribution in [2.45, 2.75) is 52.7 Å². The maximum atomic E-state index is 14.8. The van der Waals surface area contributed by atoms with Crippen LogP contribution >= 0.6 is 23.2 Å². The Morgan fingerprint density at radius 2 is 1.42 bits per heavy atom. The van der Waals surface area contributed by atoms with Gasteiger partial charge in [-0.05, 0) is 65.8 Å². The second-order valence-electron chi connectivity index (χ2n) is 9.44. The molecular formula is C24H27Cl2FN2O7. The molecule has 9 nitrogen and oxygen atoms in total. The van der Waals surface area contributed by atoms with E-state index in [4.69, 9.17) is 43.1 Å². The zero-order valence-corrected chi connectivity index (χ0v) is 22.3. The molecule has 0 saturated heterocycles. The number of nitrogens with zero attached hydrogens (tertiary/aromatic N) is 1. The quantitative estimate of drug-likeness (QED) is 0.249. The number of nitrogens with two attached hydrogens (primary N) is 1. The summed E-state index contributed by atoms with van der Waals surface area (Å²) in [5.41, 5.74) is 3.36. The lowest BCUT2D eigenvalue weighted by Gasteiger charge is -2.29. The number of hydrogen-bond acceptors (Lipinski definition) is 8. The lowest BCUT2D eigenvalue weighted by atomic mass is 10.1. The van der Waals surface area contributed by atoms with Crippen LogP contribution in [-0.4, -0.2) is 36.5 Å². The van der Waals surface area contributed by atoms with Crippen LogP contribution in [0.5, 0.6) is 11.5 Å². The van der Waals surface area contributed by atoms with Crippen LogP contribution in [0.25, 0.3) is 0 Å². The summed E-state index contributed by atoms with van der Waals surface area (Å²) in [6.45, 7) is 9.59. The Morgan fingerprint density at radius 3 is 1.89 bits per heavy atom. The molecule has 0 unspecified atom stereocenters. The van der Waals surface area contributed by atoms with Gasteiger partial charge in [-0.1, -0.05) is 23.2 Å². The number of esters is 1. The molecule has 0 spiro atoms. The number of ether oxygens (including phenoxy) is 4. The van der Waals surface area contributed by atoms with Crippen molar-refractivity contribution in [2.75, 3.05) is 17.7 Å². The molecule has 12 heteroatoms. The number of halogens is 3. The second kappa shape index (κ2) is 10.8. The third-order valence-electron chi connectivity index (χ3n) is 4.16. The zero-order valence-electron chi connectivity index (χ0n) is 20.8. The third kappa shape index (κ3) is 6.92. The molecule has 36 heavy (non-hydrogen) atoms. The summed E-state index contributed by atoms with van der Waals surface area (Å²) in [6.07, 6.45) is -2.23. The van der Waals surface area contributed by atoms with E-state index in [9.17, 15) is 18.8 Å². The molecule has 2 N–H and O–H groups in total. The number of carbonyl (C=O) groups excluding carboxylic acids is 3. The van der Waals surface area contributed by atoms with Crippen LogP contribution in [0.15, 0.2) is 24.3 Å². The molecule has 0 saturated carbocycles. The van der Waals surface area contributed by atoms with Gasteiger partial charge < -0.3 is 24.7 Å². The first kappa shape index (κ1) is 29.0. The van der Waals surface area contributed by atoms with E-state index in [1.165, 1.54) is 12.1 Å². The standard InChI is InChI=1S/C24H27Cl2FN2O7/c1-23(2,3)35-21(31)29(22(32)36-24(4,5)6)14-10-8-12(27)19(17(14)25)34-15-11-9-13(28)16(18(15)26)20(30)33-7/h8-11H,28H2,1-7H3. The molecule has 0 aliphatic rings. The minimum absolute atomic E-state index is 0.000506. The van der Waals surface area contributed by atoms with Crippen molar-refractivity contribution in [1.29, 1.82) is 0 Å². The van der Waals surface area contributed by atoms with Gasteiger partial charge in [-0.25, -0.2) is 18.8 Å². The zero-order chi connectivity index (χ0) is 27.6. The van der Waals surface area contributed by atoms with E-state index in [1.54, 1.807) is 41.5 Å². The first-order valence-corrected chi connectivity index (χ1v) is 11.3. The smallest absolute Gasteiger partial charge is 0.424 e. The maximum absolute atomic E-state index is 14.8. The van der Waals surface area contributed by atoms with Gasteiger partial charge in [0.25, 0.3) is 0 Å². The molecule has 0 aliphatic carbocycles. The largest absolute Gasteiger partial charge is 0.465 e. The van der Waals surface area contributed by atoms with Crippen molar-refractivity contribution in [1.82, 2.24) is 0 Å². The molecule has 0 atom stereocenters. The Bertz CT molecular complexity index is 1160. The second-order valence-corrected chi connectivity index (χ2v) is 10.2. The number of anilines is 2. The van der Waals surface area contributed by atoms with Gasteiger partial charge in [0.15, 0.2) is 11.6 Å². The highest BCUT2D eigenvalue weighted by Gasteiger charge is 2.35. The molecule has 2 aromatic carbocycles. The van der Waals surface area contributed by atoms with Gasteiger partial charge in [-0.2, -0.15) is 4.90 Å². The van der Waals surface area contributed by atoms with Crippen molar-refractivity contribution in [2.24, 2.45) is 0 Å². The fraction of sp³-hybridized carbons (Fsp3) is 0.375. The Balaban J connectivity index is 2.63. The van der Waals surface area contributed by atoms with Crippen molar-refractivity contribution < 1.29 is 37.7 Å². The van der Waals surface area contributed by atoms with Gasteiger partial charge in [0.2, 0.25) is 0 Å². The average molecular weight is 545 g/mol. The number of amides is 2. The van der Waals surface area contributed by atoms with Crippen molar-refractivity contribution in [3.05, 3.63) is 45.7 Å². The summed E-state index contributed by atoms with van der Waals surface area (Å²) in [5, 5.41) is -0.738. The summed E-state index contributed by atoms with van der Waals surface area (Å²) < 4.78 is 35.7. The normalized spacial score (nSPS) is 11.5. The topological polar surface area (TPSA) is 117 Å².